The topological polar surface area (TPSA) is 103 Å². The van der Waals surface area contributed by atoms with Crippen LogP contribution in [0.3, 0.4) is 0 Å². The van der Waals surface area contributed by atoms with Gasteiger partial charge in [0.1, 0.15) is 11.8 Å². The number of nitrogens with one attached hydrogen (secondary N) is 1. The lowest BCUT2D eigenvalue weighted by molar-refractivity contribution is -0.147. The highest BCUT2D eigenvalue weighted by molar-refractivity contribution is 5.92. The second kappa shape index (κ2) is 5.96. The summed E-state index contributed by atoms with van der Waals surface area (Å²) < 4.78 is 0. The highest BCUT2D eigenvalue weighted by Crippen LogP contribution is 2.19. The van der Waals surface area contributed by atoms with Crippen LogP contribution in [0.2, 0.25) is 0 Å². The minimum Gasteiger partial charge on any atom is -0.481 e. The van der Waals surface area contributed by atoms with Crippen molar-refractivity contribution in [3.05, 3.63) is 29.6 Å². The molecule has 0 radical (unpaired) electrons. The number of rotatable bonds is 5. The smallest absolute Gasteiger partial charge is 0.309 e. The van der Waals surface area contributed by atoms with Crippen molar-refractivity contribution in [3.63, 3.8) is 0 Å². The van der Waals surface area contributed by atoms with Gasteiger partial charge < -0.3 is 10.4 Å². The average molecular weight is 261 g/mol. The van der Waals surface area contributed by atoms with Gasteiger partial charge in [-0.2, -0.15) is 5.26 Å². The molecule has 0 unspecified atom stereocenters. The van der Waals surface area contributed by atoms with E-state index in [2.05, 4.69) is 10.3 Å². The first-order valence-corrected chi connectivity index (χ1v) is 5.74. The number of aliphatic carboxylic acids is 1. The molecule has 1 aromatic rings. The van der Waals surface area contributed by atoms with Crippen molar-refractivity contribution < 1.29 is 14.7 Å². The van der Waals surface area contributed by atoms with Gasteiger partial charge in [0.2, 0.25) is 0 Å². The largest absolute Gasteiger partial charge is 0.481 e. The first-order valence-electron chi connectivity index (χ1n) is 5.74. The Hall–Kier alpha value is -2.42. The molecule has 19 heavy (non-hydrogen) atoms. The number of nitriles is 1. The molecule has 0 spiro atoms. The Kier molecular flexibility index (Phi) is 4.59. The van der Waals surface area contributed by atoms with Gasteiger partial charge in [-0.05, 0) is 32.4 Å². The molecule has 2 N–H and O–H groups in total. The molecule has 6 heteroatoms. The fourth-order valence-corrected chi connectivity index (χ4v) is 1.28. The summed E-state index contributed by atoms with van der Waals surface area (Å²) in [6.07, 6.45) is 1.64. The summed E-state index contributed by atoms with van der Waals surface area (Å²) in [6, 6.07) is 4.87. The van der Waals surface area contributed by atoms with Crippen LogP contribution in [-0.4, -0.2) is 28.5 Å². The van der Waals surface area contributed by atoms with E-state index in [1.807, 2.05) is 6.07 Å². The van der Waals surface area contributed by atoms with Gasteiger partial charge in [-0.15, -0.1) is 0 Å². The zero-order chi connectivity index (χ0) is 14.5. The zero-order valence-corrected chi connectivity index (χ0v) is 10.8. The third-order valence-corrected chi connectivity index (χ3v) is 2.74. The van der Waals surface area contributed by atoms with E-state index >= 15 is 0 Å². The Labute approximate surface area is 111 Å². The lowest BCUT2D eigenvalue weighted by Crippen LogP contribution is -2.32. The molecule has 0 aliphatic heterocycles. The average Bonchev–Trinajstić information content (AvgIpc) is 2.38. The van der Waals surface area contributed by atoms with Crippen molar-refractivity contribution >= 4 is 11.9 Å². The van der Waals surface area contributed by atoms with Crippen LogP contribution in [0.1, 0.15) is 36.3 Å². The molecule has 1 aromatic heterocycles. The van der Waals surface area contributed by atoms with E-state index in [-0.39, 0.29) is 18.1 Å². The van der Waals surface area contributed by atoms with Gasteiger partial charge in [0.25, 0.3) is 5.91 Å². The van der Waals surface area contributed by atoms with Crippen LogP contribution in [-0.2, 0) is 4.79 Å². The third-order valence-electron chi connectivity index (χ3n) is 2.74. The molecule has 0 aromatic carbocycles. The molecular weight excluding hydrogens is 246 g/mol. The Balaban J connectivity index is 2.52. The lowest BCUT2D eigenvalue weighted by atomic mass is 9.90. The van der Waals surface area contributed by atoms with Crippen LogP contribution in [0.4, 0.5) is 0 Å². The van der Waals surface area contributed by atoms with Crippen molar-refractivity contribution in [1.82, 2.24) is 10.3 Å². The summed E-state index contributed by atoms with van der Waals surface area (Å²) in [5.74, 6) is -1.29. The van der Waals surface area contributed by atoms with Crippen LogP contribution in [0.25, 0.3) is 0 Å². The van der Waals surface area contributed by atoms with Crippen molar-refractivity contribution in [2.75, 3.05) is 6.54 Å². The van der Waals surface area contributed by atoms with Gasteiger partial charge >= 0.3 is 5.97 Å². The van der Waals surface area contributed by atoms with Crippen molar-refractivity contribution in [3.8, 4) is 6.07 Å². The minimum absolute atomic E-state index is 0.201. The zero-order valence-electron chi connectivity index (χ0n) is 10.8. The summed E-state index contributed by atoms with van der Waals surface area (Å²) in [5.41, 5.74) is -0.304. The molecule has 1 amide bonds. The number of pyridine rings is 1. The Morgan fingerprint density at radius 3 is 2.63 bits per heavy atom. The molecular formula is C13H15N3O3. The van der Waals surface area contributed by atoms with E-state index in [9.17, 15) is 9.59 Å². The maximum absolute atomic E-state index is 11.7. The van der Waals surface area contributed by atoms with Gasteiger partial charge in [0.05, 0.1) is 11.0 Å². The molecule has 0 aliphatic carbocycles. The number of carboxylic acids is 1. The molecule has 1 rings (SSSR count). The second-order valence-corrected chi connectivity index (χ2v) is 4.74. The van der Waals surface area contributed by atoms with Crippen LogP contribution in [0.15, 0.2) is 18.3 Å². The van der Waals surface area contributed by atoms with Crippen LogP contribution < -0.4 is 5.32 Å². The third kappa shape index (κ3) is 4.07. The minimum atomic E-state index is -0.904. The summed E-state index contributed by atoms with van der Waals surface area (Å²) >= 11 is 0. The van der Waals surface area contributed by atoms with Gasteiger partial charge in [0, 0.05) is 12.7 Å². The molecule has 6 nitrogen and oxygen atoms in total. The lowest BCUT2D eigenvalue weighted by Gasteiger charge is -2.18. The standard InChI is InChI=1S/C13H15N3O3/c1-13(2,12(18)19)5-6-15-11(17)10-4-3-9(7-14)8-16-10/h3-4,8H,5-6H2,1-2H3,(H,15,17)(H,18,19). The number of carbonyl (C=O) groups is 2. The van der Waals surface area contributed by atoms with Crippen molar-refractivity contribution in [2.24, 2.45) is 5.41 Å². The Morgan fingerprint density at radius 2 is 2.16 bits per heavy atom. The quantitative estimate of drug-likeness (QED) is 0.828. The number of carbonyl (C=O) groups excluding carboxylic acids is 1. The molecule has 0 saturated heterocycles. The van der Waals surface area contributed by atoms with Crippen molar-refractivity contribution in [2.45, 2.75) is 20.3 Å². The second-order valence-electron chi connectivity index (χ2n) is 4.74. The highest BCUT2D eigenvalue weighted by atomic mass is 16.4. The number of nitrogens with zero attached hydrogens (tertiary/aromatic N) is 2. The summed E-state index contributed by atoms with van der Waals surface area (Å²) in [5, 5.41) is 20.1. The molecule has 1 heterocycles. The van der Waals surface area contributed by atoms with Gasteiger partial charge in [-0.1, -0.05) is 0 Å². The molecule has 0 bridgehead atoms. The maximum atomic E-state index is 11.7. The highest BCUT2D eigenvalue weighted by Gasteiger charge is 2.26. The van der Waals surface area contributed by atoms with E-state index < -0.39 is 11.4 Å². The fourth-order valence-electron chi connectivity index (χ4n) is 1.28. The Morgan fingerprint density at radius 1 is 1.47 bits per heavy atom. The summed E-state index contributed by atoms with van der Waals surface area (Å²) in [6.45, 7) is 3.45. The number of hydrogen-bond acceptors (Lipinski definition) is 4. The van der Waals surface area contributed by atoms with Crippen LogP contribution >= 0.6 is 0 Å². The number of amides is 1. The van der Waals surface area contributed by atoms with Gasteiger partial charge in [-0.3, -0.25) is 9.59 Å². The summed E-state index contributed by atoms with van der Waals surface area (Å²) in [4.78, 5) is 26.4. The molecule has 0 saturated carbocycles. The number of hydrogen-bond donors (Lipinski definition) is 2. The van der Waals surface area contributed by atoms with Gasteiger partial charge in [0.15, 0.2) is 0 Å². The molecule has 0 aliphatic rings. The molecule has 0 fully saturated rings. The molecule has 0 atom stereocenters. The van der Waals surface area contributed by atoms with E-state index in [0.29, 0.717) is 12.0 Å². The van der Waals surface area contributed by atoms with E-state index in [0.717, 1.165) is 0 Å². The van der Waals surface area contributed by atoms with Gasteiger partial charge in [-0.25, -0.2) is 4.98 Å². The predicted octanol–water partition coefficient (Wildman–Crippen LogP) is 1.18. The monoisotopic (exact) mass is 261 g/mol. The molecule has 100 valence electrons. The predicted molar refractivity (Wildman–Crippen MR) is 67.3 cm³/mol. The summed E-state index contributed by atoms with van der Waals surface area (Å²) in [7, 11) is 0. The fraction of sp³-hybridized carbons (Fsp3) is 0.385. The first-order chi connectivity index (χ1) is 8.86. The SMILES string of the molecule is CC(C)(CCNC(=O)c1ccc(C#N)cn1)C(=O)O. The van der Waals surface area contributed by atoms with Crippen molar-refractivity contribution in [1.29, 1.82) is 5.26 Å². The van der Waals surface area contributed by atoms with E-state index in [1.54, 1.807) is 13.8 Å². The number of aromatic nitrogens is 1. The van der Waals surface area contributed by atoms with Crippen LogP contribution in [0.5, 0.6) is 0 Å². The number of carboxylic acid groups (broad SMARTS) is 1. The first kappa shape index (κ1) is 14.6. The van der Waals surface area contributed by atoms with Crippen LogP contribution in [0, 0.1) is 16.7 Å². The Bertz CT molecular complexity index is 515. The van der Waals surface area contributed by atoms with E-state index in [1.165, 1.54) is 18.3 Å². The maximum Gasteiger partial charge on any atom is 0.309 e. The normalized spacial score (nSPS) is 10.6. The van der Waals surface area contributed by atoms with E-state index in [4.69, 9.17) is 10.4 Å².